The van der Waals surface area contributed by atoms with Gasteiger partial charge < -0.3 is 9.47 Å². The molecule has 3 rings (SSSR count). The molecule has 0 radical (unpaired) electrons. The fourth-order valence-electron chi connectivity index (χ4n) is 2.01. The lowest BCUT2D eigenvalue weighted by atomic mass is 10.2. The summed E-state index contributed by atoms with van der Waals surface area (Å²) < 4.78 is 24.9. The normalized spacial score (nSPS) is 17.6. The van der Waals surface area contributed by atoms with Crippen LogP contribution in [0.5, 0.6) is 11.5 Å². The Balaban J connectivity index is 1.68. The van der Waals surface area contributed by atoms with E-state index in [9.17, 15) is 9.59 Å². The van der Waals surface area contributed by atoms with Crippen LogP contribution in [0.1, 0.15) is 8.30 Å². The third-order valence-corrected chi connectivity index (χ3v) is 3.12. The van der Waals surface area contributed by atoms with Crippen molar-refractivity contribution in [3.8, 4) is 11.5 Å². The average Bonchev–Trinajstić information content (AvgIpc) is 2.87. The number of ether oxygens (including phenoxy) is 2. The number of hydrogen-bond acceptors (Lipinski definition) is 4. The number of rotatable bonds is 4. The fraction of sp³-hybridized carbons (Fsp3) is 0.111. The van der Waals surface area contributed by atoms with Crippen molar-refractivity contribution in [2.75, 3.05) is 13.1 Å². The van der Waals surface area contributed by atoms with Crippen molar-refractivity contribution in [3.63, 3.8) is 0 Å². The van der Waals surface area contributed by atoms with E-state index in [1.54, 1.807) is 24.3 Å². The van der Waals surface area contributed by atoms with Gasteiger partial charge in [-0.15, -0.1) is 0 Å². The zero-order valence-electron chi connectivity index (χ0n) is 14.1. The summed E-state index contributed by atoms with van der Waals surface area (Å²) >= 11 is 0. The molecule has 1 aliphatic rings. The van der Waals surface area contributed by atoms with Crippen LogP contribution in [-0.4, -0.2) is 30.0 Å². The zero-order chi connectivity index (χ0) is 17.9. The molecule has 1 aliphatic heterocycles. The molecule has 0 aliphatic carbocycles. The molecule has 1 saturated heterocycles. The van der Waals surface area contributed by atoms with Gasteiger partial charge in [-0.1, -0.05) is 30.3 Å². The summed E-state index contributed by atoms with van der Waals surface area (Å²) in [6, 6.07) is 16.4. The zero-order valence-corrected chi connectivity index (χ0v) is 12.1. The van der Waals surface area contributed by atoms with Gasteiger partial charge in [0.05, 0.1) is 9.29 Å². The third-order valence-electron chi connectivity index (χ3n) is 3.12. The maximum Gasteiger partial charge on any atom is 0.416 e. The number of benzene rings is 2. The Bertz CT molecular complexity index is 821. The number of amides is 2. The molecular formula is C18H15NO4. The van der Waals surface area contributed by atoms with Crippen LogP contribution >= 0.6 is 0 Å². The Labute approximate surface area is 136 Å². The van der Waals surface area contributed by atoms with Crippen molar-refractivity contribution in [1.82, 2.24) is 4.90 Å². The molecule has 23 heavy (non-hydrogen) atoms. The molecule has 0 N–H and O–H groups in total. The van der Waals surface area contributed by atoms with E-state index < -0.39 is 25.1 Å². The van der Waals surface area contributed by atoms with Gasteiger partial charge in [-0.2, -0.15) is 0 Å². The number of carbonyl (C=O) groups excluding carboxylic acids is 2. The lowest BCUT2D eigenvalue weighted by Gasteiger charge is -2.07. The second-order valence-corrected chi connectivity index (χ2v) is 4.76. The minimum atomic E-state index is -2.15. The van der Waals surface area contributed by atoms with E-state index in [2.05, 4.69) is 4.74 Å². The maximum atomic E-state index is 12.0. The Kier molecular flexibility index (Phi) is 3.68. The number of nitrogens with zero attached hydrogens (tertiary/aromatic N) is 1. The smallest absolute Gasteiger partial charge is 0.416 e. The second-order valence-electron chi connectivity index (χ2n) is 4.76. The Morgan fingerprint density at radius 1 is 1.17 bits per heavy atom. The number of hydrogen-bond donors (Lipinski definition) is 0. The van der Waals surface area contributed by atoms with Crippen molar-refractivity contribution < 1.29 is 21.8 Å². The first-order valence-corrected chi connectivity index (χ1v) is 6.98. The van der Waals surface area contributed by atoms with Gasteiger partial charge >= 0.3 is 6.09 Å². The lowest BCUT2D eigenvalue weighted by Crippen LogP contribution is -2.29. The highest BCUT2D eigenvalue weighted by Crippen LogP contribution is 2.22. The van der Waals surface area contributed by atoms with Crippen LogP contribution in [0.15, 0.2) is 60.7 Å². The molecule has 0 saturated carbocycles. The number of cyclic esters (lactones) is 1. The molecule has 0 spiro atoms. The highest BCUT2D eigenvalue weighted by Gasteiger charge is 2.26. The molecular weight excluding hydrogens is 294 g/mol. The highest BCUT2D eigenvalue weighted by molar-refractivity contribution is 6.01. The average molecular weight is 311 g/mol. The molecule has 1 fully saturated rings. The van der Waals surface area contributed by atoms with Crippen molar-refractivity contribution in [2.24, 2.45) is 0 Å². The van der Waals surface area contributed by atoms with E-state index in [0.29, 0.717) is 17.1 Å². The summed E-state index contributed by atoms with van der Waals surface area (Å²) in [6.45, 7) is -2.57. The van der Waals surface area contributed by atoms with Crippen LogP contribution in [-0.2, 0) is 9.53 Å². The maximum absolute atomic E-state index is 12.0. The molecule has 2 aromatic rings. The third kappa shape index (κ3) is 3.77. The van der Waals surface area contributed by atoms with Crippen LogP contribution in [0.3, 0.4) is 0 Å². The van der Waals surface area contributed by atoms with Gasteiger partial charge in [0.2, 0.25) is 0 Å². The van der Waals surface area contributed by atoms with Gasteiger partial charge in [-0.05, 0) is 35.9 Å². The van der Waals surface area contributed by atoms with Crippen molar-refractivity contribution >= 4 is 18.1 Å². The van der Waals surface area contributed by atoms with Gasteiger partial charge in [0.15, 0.2) is 0 Å². The lowest BCUT2D eigenvalue weighted by molar-refractivity contribution is -0.122. The summed E-state index contributed by atoms with van der Waals surface area (Å²) in [5, 5.41) is 0. The Morgan fingerprint density at radius 2 is 1.96 bits per heavy atom. The highest BCUT2D eigenvalue weighted by atomic mass is 16.6. The molecule has 0 atom stereocenters. The minimum absolute atomic E-state index is 0.424. The number of carbonyl (C=O) groups is 2. The van der Waals surface area contributed by atoms with Crippen LogP contribution in [0.25, 0.3) is 6.08 Å². The van der Waals surface area contributed by atoms with Gasteiger partial charge in [0.25, 0.3) is 5.91 Å². The SMILES string of the molecule is [2H]C1([2H])CN(C(=O)/C=C/c2cccc(Oc3ccccc3)c2)C(=O)O1. The molecule has 2 amide bonds. The van der Waals surface area contributed by atoms with Gasteiger partial charge in [0.1, 0.15) is 18.1 Å². The molecule has 0 unspecified atom stereocenters. The molecule has 5 heteroatoms. The Hall–Kier alpha value is -3.08. The van der Waals surface area contributed by atoms with Crippen LogP contribution in [0, 0.1) is 0 Å². The summed E-state index contributed by atoms with van der Waals surface area (Å²) in [6.07, 6.45) is 1.74. The van der Waals surface area contributed by atoms with Gasteiger partial charge in [0, 0.05) is 6.08 Å². The summed E-state index contributed by atoms with van der Waals surface area (Å²) in [5.41, 5.74) is 0.706. The summed E-state index contributed by atoms with van der Waals surface area (Å²) in [4.78, 5) is 24.2. The first-order valence-electron chi connectivity index (χ1n) is 7.98. The number of imide groups is 1. The molecule has 0 aromatic heterocycles. The van der Waals surface area contributed by atoms with Gasteiger partial charge in [-0.25, -0.2) is 9.69 Å². The standard InChI is InChI=1S/C18H15NO4/c20-17(19-11-12-22-18(19)21)10-9-14-5-4-8-16(13-14)23-15-6-2-1-3-7-15/h1-10,13H,11-12H2/b10-9+/i12D2. The van der Waals surface area contributed by atoms with Crippen molar-refractivity contribution in [1.29, 1.82) is 0 Å². The predicted octanol–water partition coefficient (Wildman–Crippen LogP) is 3.47. The van der Waals surface area contributed by atoms with E-state index in [-0.39, 0.29) is 0 Å². The quantitative estimate of drug-likeness (QED) is 0.811. The molecule has 2 aromatic carbocycles. The predicted molar refractivity (Wildman–Crippen MR) is 85.1 cm³/mol. The summed E-state index contributed by atoms with van der Waals surface area (Å²) in [7, 11) is 0. The number of para-hydroxylation sites is 1. The molecule has 5 nitrogen and oxygen atoms in total. The van der Waals surface area contributed by atoms with Crippen LogP contribution in [0.4, 0.5) is 4.79 Å². The largest absolute Gasteiger partial charge is 0.457 e. The molecule has 0 bridgehead atoms. The summed E-state index contributed by atoms with van der Waals surface area (Å²) in [5.74, 6) is 0.667. The van der Waals surface area contributed by atoms with E-state index in [1.165, 1.54) is 12.2 Å². The minimum Gasteiger partial charge on any atom is -0.457 e. The van der Waals surface area contributed by atoms with Gasteiger partial charge in [-0.3, -0.25) is 4.79 Å². The second kappa shape index (κ2) is 6.79. The Morgan fingerprint density at radius 3 is 2.70 bits per heavy atom. The molecule has 1 heterocycles. The topological polar surface area (TPSA) is 55.8 Å². The van der Waals surface area contributed by atoms with E-state index >= 15 is 0 Å². The van der Waals surface area contributed by atoms with E-state index in [0.717, 1.165) is 4.90 Å². The fourth-order valence-corrected chi connectivity index (χ4v) is 2.01. The molecule has 116 valence electrons. The van der Waals surface area contributed by atoms with Crippen LogP contribution in [0.2, 0.25) is 0 Å². The van der Waals surface area contributed by atoms with Crippen molar-refractivity contribution in [2.45, 2.75) is 0 Å². The van der Waals surface area contributed by atoms with Crippen molar-refractivity contribution in [3.05, 3.63) is 66.2 Å². The first kappa shape index (κ1) is 12.5. The first-order chi connectivity index (χ1) is 11.9. The van der Waals surface area contributed by atoms with E-state index in [4.69, 9.17) is 7.48 Å². The van der Waals surface area contributed by atoms with E-state index in [1.807, 2.05) is 30.3 Å². The monoisotopic (exact) mass is 311 g/mol. The van der Waals surface area contributed by atoms with Crippen LogP contribution < -0.4 is 4.74 Å².